The lowest BCUT2D eigenvalue weighted by Crippen LogP contribution is -2.27. The second-order valence-electron chi connectivity index (χ2n) is 5.20. The maximum Gasteiger partial charge on any atom is 0.372 e. The van der Waals surface area contributed by atoms with E-state index in [1.54, 1.807) is 0 Å². The lowest BCUT2D eigenvalue weighted by Gasteiger charge is -2.23. The first-order valence-corrected chi connectivity index (χ1v) is 6.93. The van der Waals surface area contributed by atoms with Crippen LogP contribution >= 0.6 is 0 Å². The number of ether oxygens (including phenoxy) is 1. The highest BCUT2D eigenvalue weighted by Crippen LogP contribution is 2.33. The molecule has 0 aromatic carbocycles. The molecule has 0 aliphatic heterocycles. The van der Waals surface area contributed by atoms with E-state index in [9.17, 15) is 10.1 Å². The number of rotatable bonds is 4. The van der Waals surface area contributed by atoms with Crippen molar-refractivity contribution in [2.24, 2.45) is 5.92 Å². The first-order chi connectivity index (χ1) is 9.63. The Kier molecular flexibility index (Phi) is 4.70. The second-order valence-corrected chi connectivity index (χ2v) is 5.20. The molecule has 1 N–H and O–H groups in total. The van der Waals surface area contributed by atoms with Crippen molar-refractivity contribution in [3.05, 3.63) is 16.4 Å². The highest BCUT2D eigenvalue weighted by atomic mass is 16.6. The lowest BCUT2D eigenvalue weighted by molar-refractivity contribution is -0.385. The number of hydrogen-bond donors (Lipinski definition) is 1. The van der Waals surface area contributed by atoms with Gasteiger partial charge in [-0.15, -0.1) is 0 Å². The van der Waals surface area contributed by atoms with Crippen LogP contribution in [0.25, 0.3) is 0 Å². The summed E-state index contributed by atoms with van der Waals surface area (Å²) in [5.74, 6) is 0.715. The third kappa shape index (κ3) is 3.15. The molecule has 0 saturated heterocycles. The number of nitro groups is 1. The molecule has 1 heterocycles. The van der Waals surface area contributed by atoms with Gasteiger partial charge in [-0.1, -0.05) is 26.2 Å². The van der Waals surface area contributed by atoms with Crippen LogP contribution in [0.5, 0.6) is 5.88 Å². The zero-order valence-electron chi connectivity index (χ0n) is 11.8. The summed E-state index contributed by atoms with van der Waals surface area (Å²) >= 11 is 0. The summed E-state index contributed by atoms with van der Waals surface area (Å²) < 4.78 is 4.96. The summed E-state index contributed by atoms with van der Waals surface area (Å²) in [5, 5.41) is 14.4. The van der Waals surface area contributed by atoms with Gasteiger partial charge in [-0.2, -0.15) is 4.98 Å². The topological polar surface area (TPSA) is 90.2 Å². The quantitative estimate of drug-likeness (QED) is 0.518. The maximum atomic E-state index is 11.2. The number of nitrogens with one attached hydrogen (secondary N) is 1. The van der Waals surface area contributed by atoms with E-state index >= 15 is 0 Å². The van der Waals surface area contributed by atoms with E-state index in [4.69, 9.17) is 4.74 Å². The normalized spacial score (nSPS) is 22.9. The summed E-state index contributed by atoms with van der Waals surface area (Å²) in [5.41, 5.74) is -0.188. The standard InChI is InChI=1S/C13H20N4O3/c1-9-6-4-3-5-7-10(9)16-12-11(17(18)19)13(20-2)15-8-14-12/h8-10H,3-7H2,1-2H3,(H,14,15,16). The van der Waals surface area contributed by atoms with Crippen molar-refractivity contribution in [3.8, 4) is 5.88 Å². The van der Waals surface area contributed by atoms with E-state index in [0.29, 0.717) is 5.92 Å². The Morgan fingerprint density at radius 1 is 1.35 bits per heavy atom. The van der Waals surface area contributed by atoms with Gasteiger partial charge in [-0.25, -0.2) is 4.98 Å². The third-order valence-electron chi connectivity index (χ3n) is 3.85. The van der Waals surface area contributed by atoms with Crippen molar-refractivity contribution >= 4 is 11.5 Å². The highest BCUT2D eigenvalue weighted by molar-refractivity contribution is 5.61. The van der Waals surface area contributed by atoms with Gasteiger partial charge in [0.1, 0.15) is 6.33 Å². The fourth-order valence-electron chi connectivity index (χ4n) is 2.67. The van der Waals surface area contributed by atoms with E-state index in [0.717, 1.165) is 19.3 Å². The predicted octanol–water partition coefficient (Wildman–Crippen LogP) is 2.77. The molecule has 0 amide bonds. The van der Waals surface area contributed by atoms with Crippen LogP contribution < -0.4 is 10.1 Å². The van der Waals surface area contributed by atoms with Crippen molar-refractivity contribution in [2.45, 2.75) is 45.1 Å². The third-order valence-corrected chi connectivity index (χ3v) is 3.85. The van der Waals surface area contributed by atoms with Crippen LogP contribution in [0, 0.1) is 16.0 Å². The minimum atomic E-state index is -0.497. The van der Waals surface area contributed by atoms with Gasteiger partial charge >= 0.3 is 5.69 Å². The van der Waals surface area contributed by atoms with E-state index in [1.165, 1.54) is 26.3 Å². The van der Waals surface area contributed by atoms with Crippen molar-refractivity contribution < 1.29 is 9.66 Å². The predicted molar refractivity (Wildman–Crippen MR) is 74.9 cm³/mol. The van der Waals surface area contributed by atoms with Gasteiger partial charge in [-0.05, 0) is 18.8 Å². The number of anilines is 1. The van der Waals surface area contributed by atoms with Crippen molar-refractivity contribution in [3.63, 3.8) is 0 Å². The average molecular weight is 280 g/mol. The molecule has 110 valence electrons. The van der Waals surface area contributed by atoms with Gasteiger partial charge < -0.3 is 10.1 Å². The summed E-state index contributed by atoms with van der Waals surface area (Å²) in [6.45, 7) is 2.17. The molecule has 7 heteroatoms. The Morgan fingerprint density at radius 3 is 2.80 bits per heavy atom. The molecule has 0 radical (unpaired) electrons. The Morgan fingerprint density at radius 2 is 2.10 bits per heavy atom. The van der Waals surface area contributed by atoms with Gasteiger partial charge in [0.05, 0.1) is 12.0 Å². The van der Waals surface area contributed by atoms with Gasteiger partial charge in [-0.3, -0.25) is 10.1 Å². The zero-order valence-corrected chi connectivity index (χ0v) is 11.8. The van der Waals surface area contributed by atoms with Gasteiger partial charge in [0.25, 0.3) is 5.88 Å². The van der Waals surface area contributed by atoms with Crippen LogP contribution in [0.2, 0.25) is 0 Å². The average Bonchev–Trinajstić information content (AvgIpc) is 2.63. The first-order valence-electron chi connectivity index (χ1n) is 6.93. The van der Waals surface area contributed by atoms with E-state index in [2.05, 4.69) is 22.2 Å². The SMILES string of the molecule is COc1ncnc(NC2CCCCCC2C)c1[N+](=O)[O-]. The second kappa shape index (κ2) is 6.49. The monoisotopic (exact) mass is 280 g/mol. The Labute approximate surface area is 117 Å². The zero-order chi connectivity index (χ0) is 14.5. The van der Waals surface area contributed by atoms with Crippen molar-refractivity contribution in [1.82, 2.24) is 9.97 Å². The van der Waals surface area contributed by atoms with E-state index < -0.39 is 4.92 Å². The summed E-state index contributed by atoms with van der Waals surface area (Å²) in [7, 11) is 1.37. The summed E-state index contributed by atoms with van der Waals surface area (Å²) in [6, 6.07) is 0.204. The van der Waals surface area contributed by atoms with Gasteiger partial charge in [0.15, 0.2) is 0 Å². The minimum Gasteiger partial charge on any atom is -0.476 e. The molecular weight excluding hydrogens is 260 g/mol. The Hall–Kier alpha value is -1.92. The van der Waals surface area contributed by atoms with Crippen LogP contribution in [-0.4, -0.2) is 28.0 Å². The summed E-state index contributed by atoms with van der Waals surface area (Å²) in [4.78, 5) is 18.5. The number of hydrogen-bond acceptors (Lipinski definition) is 6. The molecule has 1 aromatic rings. The van der Waals surface area contributed by atoms with Crippen molar-refractivity contribution in [1.29, 1.82) is 0 Å². The smallest absolute Gasteiger partial charge is 0.372 e. The largest absolute Gasteiger partial charge is 0.476 e. The Bertz CT molecular complexity index is 481. The van der Waals surface area contributed by atoms with Crippen LogP contribution in [0.1, 0.15) is 39.0 Å². The molecule has 1 aliphatic carbocycles. The van der Waals surface area contributed by atoms with Crippen molar-refractivity contribution in [2.75, 3.05) is 12.4 Å². The molecule has 1 aliphatic rings. The molecule has 0 spiro atoms. The molecule has 2 unspecified atom stereocenters. The molecule has 1 fully saturated rings. The molecule has 20 heavy (non-hydrogen) atoms. The van der Waals surface area contributed by atoms with Crippen LogP contribution in [0.4, 0.5) is 11.5 Å². The van der Waals surface area contributed by atoms with Crippen LogP contribution in [-0.2, 0) is 0 Å². The lowest BCUT2D eigenvalue weighted by atomic mass is 9.97. The summed E-state index contributed by atoms with van der Waals surface area (Å²) in [6.07, 6.45) is 7.00. The molecule has 1 aromatic heterocycles. The molecule has 2 atom stereocenters. The highest BCUT2D eigenvalue weighted by Gasteiger charge is 2.27. The molecule has 7 nitrogen and oxygen atoms in total. The van der Waals surface area contributed by atoms with Crippen LogP contribution in [0.15, 0.2) is 6.33 Å². The van der Waals surface area contributed by atoms with Crippen LogP contribution in [0.3, 0.4) is 0 Å². The number of methoxy groups -OCH3 is 1. The number of aromatic nitrogens is 2. The molecular formula is C13H20N4O3. The molecule has 2 rings (SSSR count). The first kappa shape index (κ1) is 14.5. The van der Waals surface area contributed by atoms with E-state index in [-0.39, 0.29) is 23.4 Å². The fourth-order valence-corrected chi connectivity index (χ4v) is 2.67. The van der Waals surface area contributed by atoms with E-state index in [1.807, 2.05) is 0 Å². The minimum absolute atomic E-state index is 0.00576. The van der Waals surface area contributed by atoms with Gasteiger partial charge in [0, 0.05) is 6.04 Å². The molecule has 1 saturated carbocycles. The van der Waals surface area contributed by atoms with Gasteiger partial charge in [0.2, 0.25) is 5.82 Å². The maximum absolute atomic E-state index is 11.2. The number of nitrogens with zero attached hydrogens (tertiary/aromatic N) is 3. The molecule has 0 bridgehead atoms. The Balaban J connectivity index is 2.25. The fraction of sp³-hybridized carbons (Fsp3) is 0.692.